The van der Waals surface area contributed by atoms with E-state index in [0.29, 0.717) is 11.4 Å². The normalized spacial score (nSPS) is 16.4. The Kier molecular flexibility index (Phi) is 5.81. The molecular weight excluding hydrogens is 422 g/mol. The Bertz CT molecular complexity index is 1120. The van der Waals surface area contributed by atoms with Crippen molar-refractivity contribution in [2.45, 2.75) is 22.3 Å². The third-order valence-electron chi connectivity index (χ3n) is 5.00. The molecule has 0 saturated heterocycles. The van der Waals surface area contributed by atoms with E-state index in [1.165, 1.54) is 28.5 Å². The zero-order chi connectivity index (χ0) is 20.4. The van der Waals surface area contributed by atoms with Gasteiger partial charge in [-0.1, -0.05) is 42.5 Å². The fraction of sp³-hybridized carbons (Fsp3) is 0.227. The molecule has 0 radical (unpaired) electrons. The molecule has 1 atom stereocenters. The van der Waals surface area contributed by atoms with Crippen molar-refractivity contribution in [2.24, 2.45) is 0 Å². The highest BCUT2D eigenvalue weighted by molar-refractivity contribution is 8.00. The van der Waals surface area contributed by atoms with Crippen molar-refractivity contribution in [3.05, 3.63) is 82.0 Å². The first-order valence-electron chi connectivity index (χ1n) is 9.27. The van der Waals surface area contributed by atoms with Gasteiger partial charge in [-0.3, -0.25) is 4.79 Å². The fourth-order valence-corrected chi connectivity index (χ4v) is 6.80. The molecule has 1 unspecified atom stereocenters. The van der Waals surface area contributed by atoms with Crippen LogP contribution in [-0.4, -0.2) is 37.8 Å². The third-order valence-corrected chi connectivity index (χ3v) is 8.34. The smallest absolute Gasteiger partial charge is 0.233 e. The van der Waals surface area contributed by atoms with Gasteiger partial charge in [-0.25, -0.2) is 8.42 Å². The first-order chi connectivity index (χ1) is 13.9. The second-order valence-corrected chi connectivity index (χ2v) is 11.0. The molecule has 1 aliphatic rings. The lowest BCUT2D eigenvalue weighted by Gasteiger charge is -2.36. The van der Waals surface area contributed by atoms with E-state index in [-0.39, 0.29) is 22.6 Å². The Morgan fingerprint density at radius 2 is 1.83 bits per heavy atom. The van der Waals surface area contributed by atoms with Crippen LogP contribution in [0.5, 0.6) is 0 Å². The van der Waals surface area contributed by atoms with Crippen LogP contribution in [0, 0.1) is 0 Å². The van der Waals surface area contributed by atoms with E-state index in [4.69, 9.17) is 0 Å². The monoisotopic (exact) mass is 443 g/mol. The summed E-state index contributed by atoms with van der Waals surface area (Å²) in [6.07, 6.45) is 2.05. The summed E-state index contributed by atoms with van der Waals surface area (Å²) in [5.41, 5.74) is 2.30. The highest BCUT2D eigenvalue weighted by Crippen LogP contribution is 2.38. The Balaban J connectivity index is 1.59. The quantitative estimate of drug-likeness (QED) is 0.548. The molecule has 1 aromatic heterocycles. The summed E-state index contributed by atoms with van der Waals surface area (Å²) in [5, 5.41) is 2.09. The number of amides is 1. The van der Waals surface area contributed by atoms with Crippen LogP contribution in [0.1, 0.15) is 22.0 Å². The molecule has 4 rings (SSSR count). The molecule has 2 heterocycles. The van der Waals surface area contributed by atoms with Crippen LogP contribution in [0.25, 0.3) is 0 Å². The molecule has 0 fully saturated rings. The second-order valence-electron chi connectivity index (χ2n) is 6.96. The molecule has 150 valence electrons. The topological polar surface area (TPSA) is 54.5 Å². The highest BCUT2D eigenvalue weighted by Gasteiger charge is 2.32. The molecule has 4 nitrogen and oxygen atoms in total. The maximum Gasteiger partial charge on any atom is 0.233 e. The van der Waals surface area contributed by atoms with E-state index in [1.54, 1.807) is 35.6 Å². The Morgan fingerprint density at radius 3 is 2.59 bits per heavy atom. The van der Waals surface area contributed by atoms with Crippen molar-refractivity contribution in [3.63, 3.8) is 0 Å². The molecule has 7 heteroatoms. The maximum atomic E-state index is 13.2. The largest absolute Gasteiger partial charge is 0.330 e. The van der Waals surface area contributed by atoms with Crippen molar-refractivity contribution in [2.75, 3.05) is 18.6 Å². The molecular formula is C22H21NO3S3. The first kappa shape index (κ1) is 20.2. The van der Waals surface area contributed by atoms with Gasteiger partial charge in [-0.05, 0) is 41.1 Å². The van der Waals surface area contributed by atoms with E-state index in [1.807, 2.05) is 23.1 Å². The number of sulfone groups is 1. The lowest BCUT2D eigenvalue weighted by molar-refractivity contribution is -0.130. The molecule has 0 bridgehead atoms. The summed E-state index contributed by atoms with van der Waals surface area (Å²) in [7, 11) is -3.34. The zero-order valence-electron chi connectivity index (χ0n) is 15.9. The number of carbonyl (C=O) groups excluding carboxylic acids is 1. The number of thioether (sulfide) groups is 1. The van der Waals surface area contributed by atoms with E-state index < -0.39 is 9.84 Å². The van der Waals surface area contributed by atoms with E-state index in [0.717, 1.165) is 12.0 Å². The molecule has 1 aliphatic heterocycles. The van der Waals surface area contributed by atoms with Gasteiger partial charge in [0, 0.05) is 22.6 Å². The van der Waals surface area contributed by atoms with Gasteiger partial charge in [0.2, 0.25) is 5.91 Å². The Labute approximate surface area is 179 Å². The molecule has 0 saturated carbocycles. The van der Waals surface area contributed by atoms with Gasteiger partial charge in [0.15, 0.2) is 9.84 Å². The first-order valence-corrected chi connectivity index (χ1v) is 13.0. The summed E-state index contributed by atoms with van der Waals surface area (Å²) >= 11 is 3.03. The SMILES string of the molecule is CS(=O)(=O)c1ccccc1SCC(=O)N1CCc2sccc2C1c1ccccc1. The van der Waals surface area contributed by atoms with Gasteiger partial charge < -0.3 is 4.90 Å². The van der Waals surface area contributed by atoms with Gasteiger partial charge in [-0.15, -0.1) is 23.1 Å². The van der Waals surface area contributed by atoms with Crippen molar-refractivity contribution in [3.8, 4) is 0 Å². The zero-order valence-corrected chi connectivity index (χ0v) is 18.4. The van der Waals surface area contributed by atoms with Gasteiger partial charge in [0.25, 0.3) is 0 Å². The number of benzene rings is 2. The Hall–Kier alpha value is -2.09. The summed E-state index contributed by atoms with van der Waals surface area (Å²) in [4.78, 5) is 17.4. The van der Waals surface area contributed by atoms with E-state index in [9.17, 15) is 13.2 Å². The highest BCUT2D eigenvalue weighted by atomic mass is 32.2. The van der Waals surface area contributed by atoms with Crippen molar-refractivity contribution in [1.29, 1.82) is 0 Å². The summed E-state index contributed by atoms with van der Waals surface area (Å²) in [6.45, 7) is 0.667. The van der Waals surface area contributed by atoms with Crippen LogP contribution in [0.2, 0.25) is 0 Å². The molecule has 0 N–H and O–H groups in total. The number of hydrogen-bond acceptors (Lipinski definition) is 5. The van der Waals surface area contributed by atoms with Crippen molar-refractivity contribution >= 4 is 38.8 Å². The summed E-state index contributed by atoms with van der Waals surface area (Å²) in [6, 6.07) is 19.0. The van der Waals surface area contributed by atoms with Crippen LogP contribution < -0.4 is 0 Å². The average molecular weight is 444 g/mol. The van der Waals surface area contributed by atoms with Gasteiger partial charge in [0.05, 0.1) is 16.7 Å². The second kappa shape index (κ2) is 8.34. The number of carbonyl (C=O) groups is 1. The van der Waals surface area contributed by atoms with Gasteiger partial charge >= 0.3 is 0 Å². The third kappa shape index (κ3) is 4.27. The summed E-state index contributed by atoms with van der Waals surface area (Å²) < 4.78 is 24.1. The molecule has 3 aromatic rings. The van der Waals surface area contributed by atoms with Crippen LogP contribution in [0.15, 0.2) is 75.8 Å². The number of rotatable bonds is 5. The maximum absolute atomic E-state index is 13.2. The van der Waals surface area contributed by atoms with Crippen LogP contribution >= 0.6 is 23.1 Å². The fourth-order valence-electron chi connectivity index (χ4n) is 3.68. The number of thiophene rings is 1. The minimum Gasteiger partial charge on any atom is -0.330 e. The standard InChI is InChI=1S/C22H21NO3S3/c1-29(25,26)20-10-6-5-9-19(20)28-15-21(24)23-13-11-18-17(12-14-27-18)22(23)16-7-3-2-4-8-16/h2-10,12,14,22H,11,13,15H2,1H3. The number of nitrogens with zero attached hydrogens (tertiary/aromatic N) is 1. The van der Waals surface area contributed by atoms with Crippen LogP contribution in [0.3, 0.4) is 0 Å². The summed E-state index contributed by atoms with van der Waals surface area (Å²) in [5.74, 6) is 0.221. The lowest BCUT2D eigenvalue weighted by atomic mass is 9.93. The molecule has 1 amide bonds. The minimum atomic E-state index is -3.34. The van der Waals surface area contributed by atoms with Gasteiger partial charge in [-0.2, -0.15) is 0 Å². The predicted octanol–water partition coefficient (Wildman–Crippen LogP) is 4.42. The number of fused-ring (bicyclic) bond motifs is 1. The molecule has 2 aromatic carbocycles. The minimum absolute atomic E-state index is 0.0176. The number of hydrogen-bond donors (Lipinski definition) is 0. The molecule has 0 spiro atoms. The predicted molar refractivity (Wildman–Crippen MR) is 118 cm³/mol. The van der Waals surface area contributed by atoms with Crippen molar-refractivity contribution < 1.29 is 13.2 Å². The Morgan fingerprint density at radius 1 is 1.10 bits per heavy atom. The van der Waals surface area contributed by atoms with Crippen molar-refractivity contribution in [1.82, 2.24) is 4.90 Å². The van der Waals surface area contributed by atoms with E-state index >= 15 is 0 Å². The lowest BCUT2D eigenvalue weighted by Crippen LogP contribution is -2.41. The molecule has 0 aliphatic carbocycles. The van der Waals surface area contributed by atoms with Crippen LogP contribution in [-0.2, 0) is 21.1 Å². The van der Waals surface area contributed by atoms with E-state index in [2.05, 4.69) is 23.6 Å². The average Bonchev–Trinajstić information content (AvgIpc) is 3.20. The van der Waals surface area contributed by atoms with Crippen LogP contribution in [0.4, 0.5) is 0 Å². The van der Waals surface area contributed by atoms with Gasteiger partial charge in [0.1, 0.15) is 0 Å². The molecule has 29 heavy (non-hydrogen) atoms.